The van der Waals surface area contributed by atoms with Gasteiger partial charge in [0.1, 0.15) is 5.76 Å². The summed E-state index contributed by atoms with van der Waals surface area (Å²) in [7, 11) is 0. The Hall–Kier alpha value is -2.00. The summed E-state index contributed by atoms with van der Waals surface area (Å²) in [6, 6.07) is 19.6. The highest BCUT2D eigenvalue weighted by Crippen LogP contribution is 2.39. The van der Waals surface area contributed by atoms with Crippen molar-refractivity contribution < 1.29 is 9.90 Å². The van der Waals surface area contributed by atoms with Crippen molar-refractivity contribution in [2.75, 3.05) is 0 Å². The lowest BCUT2D eigenvalue weighted by Crippen LogP contribution is -2.16. The predicted octanol–water partition coefficient (Wildman–Crippen LogP) is 4.70. The summed E-state index contributed by atoms with van der Waals surface area (Å²) in [5.74, 6) is 0.328. The van der Waals surface area contributed by atoms with Crippen LogP contribution < -0.4 is 0 Å². The zero-order valence-corrected chi connectivity index (χ0v) is 12.3. The van der Waals surface area contributed by atoms with Crippen molar-refractivity contribution >= 4 is 17.5 Å². The number of ketones is 1. The lowest BCUT2D eigenvalue weighted by atomic mass is 9.86. The number of aliphatic hydroxyl groups excluding tert-OH is 1. The summed E-state index contributed by atoms with van der Waals surface area (Å²) in [6.45, 7) is 0. The van der Waals surface area contributed by atoms with Crippen LogP contribution in [0.3, 0.4) is 0 Å². The molecule has 0 fully saturated rings. The summed E-state index contributed by atoms with van der Waals surface area (Å²) < 4.78 is 0. The first-order valence-electron chi connectivity index (χ1n) is 6.97. The van der Waals surface area contributed by atoms with Crippen LogP contribution in [0.15, 0.2) is 76.2 Å². The van der Waals surface area contributed by atoms with Crippen molar-refractivity contribution in [3.05, 3.63) is 76.9 Å². The Balaban J connectivity index is 1.82. The van der Waals surface area contributed by atoms with Crippen LogP contribution in [0.5, 0.6) is 0 Å². The summed E-state index contributed by atoms with van der Waals surface area (Å²) in [4.78, 5) is 13.8. The first kappa shape index (κ1) is 14.0. The number of aliphatic hydroxyl groups is 1. The van der Waals surface area contributed by atoms with Crippen LogP contribution in [0, 0.1) is 0 Å². The van der Waals surface area contributed by atoms with E-state index in [-0.39, 0.29) is 17.5 Å². The van der Waals surface area contributed by atoms with Gasteiger partial charge >= 0.3 is 0 Å². The van der Waals surface area contributed by atoms with Gasteiger partial charge < -0.3 is 5.11 Å². The Morgan fingerprint density at radius 1 is 0.905 bits per heavy atom. The largest absolute Gasteiger partial charge is 0.511 e. The number of rotatable bonds is 3. The highest BCUT2D eigenvalue weighted by molar-refractivity contribution is 8.04. The molecule has 0 spiro atoms. The fourth-order valence-electron chi connectivity index (χ4n) is 2.56. The summed E-state index contributed by atoms with van der Waals surface area (Å²) in [5, 5.41) is 10.3. The molecule has 106 valence electrons. The Morgan fingerprint density at radius 3 is 2.14 bits per heavy atom. The van der Waals surface area contributed by atoms with Crippen LogP contribution in [0.2, 0.25) is 0 Å². The van der Waals surface area contributed by atoms with E-state index in [1.165, 1.54) is 11.8 Å². The van der Waals surface area contributed by atoms with E-state index in [4.69, 9.17) is 0 Å². The Labute approximate surface area is 128 Å². The minimum Gasteiger partial charge on any atom is -0.511 e. The van der Waals surface area contributed by atoms with Gasteiger partial charge in [-0.15, -0.1) is 0 Å². The van der Waals surface area contributed by atoms with Crippen LogP contribution in [0.4, 0.5) is 0 Å². The quantitative estimate of drug-likeness (QED) is 0.892. The number of hydrogen-bond donors (Lipinski definition) is 1. The highest BCUT2D eigenvalue weighted by atomic mass is 32.2. The maximum absolute atomic E-state index is 12.4. The summed E-state index contributed by atoms with van der Waals surface area (Å²) in [6.07, 6.45) is 0.994. The third-order valence-electron chi connectivity index (χ3n) is 3.62. The van der Waals surface area contributed by atoms with Crippen LogP contribution in [0.1, 0.15) is 24.3 Å². The van der Waals surface area contributed by atoms with Crippen molar-refractivity contribution in [1.82, 2.24) is 0 Å². The molecule has 0 amide bonds. The molecule has 0 bridgehead atoms. The molecule has 0 aromatic heterocycles. The molecule has 1 N–H and O–H groups in total. The van der Waals surface area contributed by atoms with Crippen LogP contribution >= 0.6 is 11.8 Å². The third-order valence-corrected chi connectivity index (χ3v) is 4.80. The van der Waals surface area contributed by atoms with E-state index in [9.17, 15) is 9.90 Å². The number of thioether (sulfide) groups is 1. The fraction of sp³-hybridized carbons (Fsp3) is 0.167. The standard InChI is InChI=1S/C18H16O2S/c19-16-11-14(13-7-3-1-4-8-13)12-17(20)18(16)21-15-9-5-2-6-10-15/h1-10,14,19H,11-12H2. The minimum atomic E-state index is 0.0291. The number of allylic oxidation sites excluding steroid dienone is 2. The molecule has 3 heteroatoms. The average Bonchev–Trinajstić information content (AvgIpc) is 2.52. The zero-order valence-electron chi connectivity index (χ0n) is 11.5. The fourth-order valence-corrected chi connectivity index (χ4v) is 3.49. The van der Waals surface area contributed by atoms with Gasteiger partial charge in [0.25, 0.3) is 0 Å². The highest BCUT2D eigenvalue weighted by Gasteiger charge is 2.29. The second kappa shape index (κ2) is 6.19. The van der Waals surface area contributed by atoms with Crippen molar-refractivity contribution in [3.8, 4) is 0 Å². The zero-order chi connectivity index (χ0) is 14.7. The number of carbonyl (C=O) groups is 1. The number of carbonyl (C=O) groups excluding carboxylic acids is 1. The summed E-state index contributed by atoms with van der Waals surface area (Å²) >= 11 is 1.36. The van der Waals surface area contributed by atoms with E-state index in [0.717, 1.165) is 10.5 Å². The Bertz CT molecular complexity index is 662. The molecule has 0 saturated heterocycles. The minimum absolute atomic E-state index is 0.0291. The third kappa shape index (κ3) is 3.19. The molecular formula is C18H16O2S. The van der Waals surface area contributed by atoms with Gasteiger partial charge in [0.15, 0.2) is 5.78 Å². The number of Topliss-reactive ketones (excluding diaryl/α,β-unsaturated/α-hetero) is 1. The second-order valence-corrected chi connectivity index (χ2v) is 6.21. The van der Waals surface area contributed by atoms with E-state index >= 15 is 0 Å². The van der Waals surface area contributed by atoms with Crippen LogP contribution in [0.25, 0.3) is 0 Å². The van der Waals surface area contributed by atoms with E-state index in [0.29, 0.717) is 17.7 Å². The molecule has 2 aromatic rings. The van der Waals surface area contributed by atoms with Gasteiger partial charge in [-0.3, -0.25) is 4.79 Å². The van der Waals surface area contributed by atoms with Gasteiger partial charge in [0.2, 0.25) is 0 Å². The molecule has 0 heterocycles. The SMILES string of the molecule is O=C1CC(c2ccccc2)CC(O)=C1Sc1ccccc1. The monoisotopic (exact) mass is 296 g/mol. The molecule has 2 aromatic carbocycles. The van der Waals surface area contributed by atoms with E-state index in [1.54, 1.807) is 0 Å². The van der Waals surface area contributed by atoms with Crippen molar-refractivity contribution in [1.29, 1.82) is 0 Å². The Kier molecular flexibility index (Phi) is 4.11. The van der Waals surface area contributed by atoms with E-state index in [1.807, 2.05) is 60.7 Å². The van der Waals surface area contributed by atoms with Gasteiger partial charge in [0, 0.05) is 17.7 Å². The average molecular weight is 296 g/mol. The van der Waals surface area contributed by atoms with Crippen molar-refractivity contribution in [3.63, 3.8) is 0 Å². The maximum atomic E-state index is 12.4. The van der Waals surface area contributed by atoms with Gasteiger partial charge in [-0.2, -0.15) is 0 Å². The molecule has 0 radical (unpaired) electrons. The molecule has 1 aliphatic carbocycles. The molecule has 2 nitrogen and oxygen atoms in total. The Morgan fingerprint density at radius 2 is 1.52 bits per heavy atom. The van der Waals surface area contributed by atoms with Gasteiger partial charge in [-0.25, -0.2) is 0 Å². The second-order valence-electron chi connectivity index (χ2n) is 5.13. The lowest BCUT2D eigenvalue weighted by Gasteiger charge is -2.23. The molecule has 21 heavy (non-hydrogen) atoms. The topological polar surface area (TPSA) is 37.3 Å². The first-order chi connectivity index (χ1) is 10.2. The molecule has 0 saturated carbocycles. The normalized spacial score (nSPS) is 18.9. The predicted molar refractivity (Wildman–Crippen MR) is 85.4 cm³/mol. The van der Waals surface area contributed by atoms with E-state index < -0.39 is 0 Å². The smallest absolute Gasteiger partial charge is 0.173 e. The van der Waals surface area contributed by atoms with Gasteiger partial charge in [-0.1, -0.05) is 60.3 Å². The van der Waals surface area contributed by atoms with Crippen LogP contribution in [-0.4, -0.2) is 10.9 Å². The van der Waals surface area contributed by atoms with Gasteiger partial charge in [-0.05, 0) is 23.6 Å². The lowest BCUT2D eigenvalue weighted by molar-refractivity contribution is -0.115. The molecule has 1 atom stereocenters. The number of hydrogen-bond acceptors (Lipinski definition) is 3. The van der Waals surface area contributed by atoms with Crippen LogP contribution in [-0.2, 0) is 4.79 Å². The molecule has 0 aliphatic heterocycles. The molecular weight excluding hydrogens is 280 g/mol. The van der Waals surface area contributed by atoms with Crippen molar-refractivity contribution in [2.45, 2.75) is 23.7 Å². The maximum Gasteiger partial charge on any atom is 0.173 e. The number of benzene rings is 2. The van der Waals surface area contributed by atoms with E-state index in [2.05, 4.69) is 0 Å². The van der Waals surface area contributed by atoms with Gasteiger partial charge in [0.05, 0.1) is 4.91 Å². The molecule has 3 rings (SSSR count). The van der Waals surface area contributed by atoms with Crippen molar-refractivity contribution in [2.24, 2.45) is 0 Å². The molecule has 1 unspecified atom stereocenters. The first-order valence-corrected chi connectivity index (χ1v) is 7.79. The molecule has 1 aliphatic rings. The summed E-state index contributed by atoms with van der Waals surface area (Å²) in [5.41, 5.74) is 1.11.